The number of benzene rings is 2. The molecule has 0 bridgehead atoms. The molecule has 1 atom stereocenters. The molecule has 0 saturated carbocycles. The van der Waals surface area contributed by atoms with E-state index in [9.17, 15) is 19.5 Å². The summed E-state index contributed by atoms with van der Waals surface area (Å²) < 4.78 is 26.4. The predicted octanol–water partition coefficient (Wildman–Crippen LogP) is 4.40. The van der Waals surface area contributed by atoms with Crippen molar-refractivity contribution in [2.24, 2.45) is 0 Å². The highest BCUT2D eigenvalue weighted by Crippen LogP contribution is 2.33. The van der Waals surface area contributed by atoms with Gasteiger partial charge in [0, 0.05) is 16.7 Å². The molecule has 2 aromatic rings. The fourth-order valence-corrected chi connectivity index (χ4v) is 2.83. The second-order valence-electron chi connectivity index (χ2n) is 8.37. The van der Waals surface area contributed by atoms with Crippen molar-refractivity contribution >= 4 is 17.9 Å². The number of aliphatic hydroxyl groups excluding tert-OH is 1. The van der Waals surface area contributed by atoms with E-state index in [0.717, 1.165) is 5.56 Å². The SMILES string of the molecule is C=C(C)C(=O)OCCOC(=O)c1ccc(-c2ccc(OC(O)C(=C)C)cc2)c(OCCOC(=O)C(=C)C)c1. The number of aliphatic hydroxyl groups is 1. The van der Waals surface area contributed by atoms with Gasteiger partial charge in [-0.15, -0.1) is 0 Å². The molecule has 9 nitrogen and oxygen atoms in total. The molecule has 38 heavy (non-hydrogen) atoms. The summed E-state index contributed by atoms with van der Waals surface area (Å²) in [6.07, 6.45) is -1.13. The summed E-state index contributed by atoms with van der Waals surface area (Å²) in [6.45, 7) is 15.1. The van der Waals surface area contributed by atoms with E-state index in [2.05, 4.69) is 19.7 Å². The van der Waals surface area contributed by atoms with Crippen LogP contribution in [0.1, 0.15) is 31.1 Å². The van der Waals surface area contributed by atoms with Crippen molar-refractivity contribution in [1.29, 1.82) is 0 Å². The van der Waals surface area contributed by atoms with Crippen LogP contribution < -0.4 is 9.47 Å². The van der Waals surface area contributed by atoms with Gasteiger partial charge in [-0.2, -0.15) is 0 Å². The average Bonchev–Trinajstić information content (AvgIpc) is 2.88. The molecule has 2 rings (SSSR count). The molecular formula is C29H32O9. The van der Waals surface area contributed by atoms with E-state index >= 15 is 0 Å². The number of carbonyl (C=O) groups is 3. The van der Waals surface area contributed by atoms with Crippen LogP contribution in [-0.4, -0.2) is 55.7 Å². The van der Waals surface area contributed by atoms with Crippen LogP contribution in [0.3, 0.4) is 0 Å². The van der Waals surface area contributed by atoms with Crippen molar-refractivity contribution < 1.29 is 43.2 Å². The molecule has 0 spiro atoms. The summed E-state index contributed by atoms with van der Waals surface area (Å²) in [5.41, 5.74) is 2.57. The molecule has 1 unspecified atom stereocenters. The van der Waals surface area contributed by atoms with Crippen molar-refractivity contribution in [2.45, 2.75) is 27.1 Å². The third-order valence-corrected chi connectivity index (χ3v) is 4.87. The van der Waals surface area contributed by atoms with Crippen LogP contribution in [0.2, 0.25) is 0 Å². The quantitative estimate of drug-likeness (QED) is 0.0958. The van der Waals surface area contributed by atoms with Crippen LogP contribution in [0.15, 0.2) is 78.9 Å². The molecule has 1 N–H and O–H groups in total. The van der Waals surface area contributed by atoms with Crippen LogP contribution in [0, 0.1) is 0 Å². The van der Waals surface area contributed by atoms with Gasteiger partial charge in [0.1, 0.15) is 37.9 Å². The monoisotopic (exact) mass is 524 g/mol. The maximum atomic E-state index is 12.6. The third kappa shape index (κ3) is 9.25. The van der Waals surface area contributed by atoms with Crippen molar-refractivity contribution in [2.75, 3.05) is 26.4 Å². The van der Waals surface area contributed by atoms with Gasteiger partial charge in [-0.25, -0.2) is 14.4 Å². The molecule has 0 radical (unpaired) electrons. The van der Waals surface area contributed by atoms with Gasteiger partial charge >= 0.3 is 17.9 Å². The van der Waals surface area contributed by atoms with Gasteiger partial charge in [0.15, 0.2) is 0 Å². The molecule has 9 heteroatoms. The predicted molar refractivity (Wildman–Crippen MR) is 141 cm³/mol. The minimum absolute atomic E-state index is 0.0212. The zero-order valence-corrected chi connectivity index (χ0v) is 21.8. The second-order valence-corrected chi connectivity index (χ2v) is 8.37. The highest BCUT2D eigenvalue weighted by molar-refractivity contribution is 5.91. The largest absolute Gasteiger partial charge is 0.489 e. The molecule has 0 aliphatic heterocycles. The molecule has 2 aromatic carbocycles. The van der Waals surface area contributed by atoms with Crippen molar-refractivity contribution in [3.8, 4) is 22.6 Å². The minimum Gasteiger partial charge on any atom is -0.489 e. The first-order chi connectivity index (χ1) is 18.0. The molecule has 0 fully saturated rings. The lowest BCUT2D eigenvalue weighted by Gasteiger charge is -2.15. The Bertz CT molecular complexity index is 1200. The van der Waals surface area contributed by atoms with Gasteiger partial charge < -0.3 is 28.8 Å². The van der Waals surface area contributed by atoms with Crippen LogP contribution in [0.5, 0.6) is 11.5 Å². The Morgan fingerprint density at radius 2 is 1.34 bits per heavy atom. The summed E-state index contributed by atoms with van der Waals surface area (Å²) >= 11 is 0. The Labute approximate surface area is 221 Å². The number of rotatable bonds is 14. The fourth-order valence-electron chi connectivity index (χ4n) is 2.83. The summed E-state index contributed by atoms with van der Waals surface area (Å²) in [7, 11) is 0. The smallest absolute Gasteiger partial charge is 0.338 e. The van der Waals surface area contributed by atoms with Crippen LogP contribution in [0.4, 0.5) is 0 Å². The summed E-state index contributed by atoms with van der Waals surface area (Å²) in [5, 5.41) is 9.86. The Kier molecular flexibility index (Phi) is 11.3. The summed E-state index contributed by atoms with van der Waals surface area (Å²) in [6, 6.07) is 11.6. The van der Waals surface area contributed by atoms with Crippen molar-refractivity contribution in [1.82, 2.24) is 0 Å². The van der Waals surface area contributed by atoms with Gasteiger partial charge in [-0.3, -0.25) is 0 Å². The maximum Gasteiger partial charge on any atom is 0.338 e. The van der Waals surface area contributed by atoms with E-state index in [1.807, 2.05) is 0 Å². The Hall–Kier alpha value is -4.37. The Morgan fingerprint density at radius 1 is 0.789 bits per heavy atom. The lowest BCUT2D eigenvalue weighted by molar-refractivity contribution is -0.140. The first-order valence-corrected chi connectivity index (χ1v) is 11.7. The molecular weight excluding hydrogens is 492 g/mol. The molecule has 0 heterocycles. The Balaban J connectivity index is 2.18. The zero-order valence-electron chi connectivity index (χ0n) is 21.8. The molecule has 0 saturated heterocycles. The third-order valence-electron chi connectivity index (χ3n) is 4.87. The Morgan fingerprint density at radius 3 is 1.89 bits per heavy atom. The van der Waals surface area contributed by atoms with E-state index in [1.165, 1.54) is 13.0 Å². The van der Waals surface area contributed by atoms with E-state index in [-0.39, 0.29) is 43.1 Å². The van der Waals surface area contributed by atoms with E-state index < -0.39 is 24.2 Å². The summed E-state index contributed by atoms with van der Waals surface area (Å²) in [4.78, 5) is 35.6. The van der Waals surface area contributed by atoms with Gasteiger partial charge in [-0.1, -0.05) is 31.9 Å². The van der Waals surface area contributed by atoms with E-state index in [4.69, 9.17) is 23.7 Å². The maximum absolute atomic E-state index is 12.6. The highest BCUT2D eigenvalue weighted by Gasteiger charge is 2.15. The van der Waals surface area contributed by atoms with E-state index in [0.29, 0.717) is 22.6 Å². The number of hydrogen-bond acceptors (Lipinski definition) is 9. The van der Waals surface area contributed by atoms with Crippen LogP contribution >= 0.6 is 0 Å². The van der Waals surface area contributed by atoms with Gasteiger partial charge in [-0.05, 0) is 62.2 Å². The fraction of sp³-hybridized carbons (Fsp3) is 0.276. The molecule has 0 aliphatic carbocycles. The topological polar surface area (TPSA) is 118 Å². The number of esters is 3. The zero-order chi connectivity index (χ0) is 28.2. The first kappa shape index (κ1) is 29.9. The number of hydrogen-bond donors (Lipinski definition) is 1. The number of ether oxygens (including phenoxy) is 5. The second kappa shape index (κ2) is 14.4. The lowest BCUT2D eigenvalue weighted by atomic mass is 10.0. The van der Waals surface area contributed by atoms with Gasteiger partial charge in [0.2, 0.25) is 6.29 Å². The van der Waals surface area contributed by atoms with E-state index in [1.54, 1.807) is 50.2 Å². The first-order valence-electron chi connectivity index (χ1n) is 11.7. The summed E-state index contributed by atoms with van der Waals surface area (Å²) in [5.74, 6) is -0.967. The molecule has 0 aromatic heterocycles. The molecule has 0 amide bonds. The van der Waals surface area contributed by atoms with Crippen LogP contribution in [-0.2, 0) is 23.8 Å². The standard InChI is InChI=1S/C29H32O9/c1-18(2)26(30)35-14-13-34-25-17-22(29(33)37-16-15-36-27(31)19(3)4)9-12-24(25)21-7-10-23(11-8-21)38-28(32)20(5)6/h7-12,17,28,32H,1,3,5,13-16H2,2,4,6H3. The normalized spacial score (nSPS) is 11.1. The average molecular weight is 525 g/mol. The van der Waals surface area contributed by atoms with Crippen molar-refractivity contribution in [3.05, 3.63) is 84.5 Å². The lowest BCUT2D eigenvalue weighted by Crippen LogP contribution is -2.16. The highest BCUT2D eigenvalue weighted by atomic mass is 16.6. The van der Waals surface area contributed by atoms with Crippen molar-refractivity contribution in [3.63, 3.8) is 0 Å². The minimum atomic E-state index is -1.13. The van der Waals surface area contributed by atoms with Gasteiger partial charge in [0.05, 0.1) is 5.56 Å². The van der Waals surface area contributed by atoms with Gasteiger partial charge in [0.25, 0.3) is 0 Å². The number of carbonyl (C=O) groups excluding carboxylic acids is 3. The molecule has 202 valence electrons. The van der Waals surface area contributed by atoms with Crippen LogP contribution in [0.25, 0.3) is 11.1 Å². The molecule has 0 aliphatic rings.